The van der Waals surface area contributed by atoms with Crippen LogP contribution in [0.4, 0.5) is 11.8 Å². The lowest BCUT2D eigenvalue weighted by Gasteiger charge is -2.31. The second-order valence-electron chi connectivity index (χ2n) is 6.41. The molecular weight excluding hydrogens is 320 g/mol. The molecule has 24 heavy (non-hydrogen) atoms. The van der Waals surface area contributed by atoms with E-state index in [0.29, 0.717) is 11.9 Å². The molecule has 0 bridgehead atoms. The zero-order valence-corrected chi connectivity index (χ0v) is 15.0. The molecule has 5 nitrogen and oxygen atoms in total. The molecule has 6 heteroatoms. The monoisotopic (exact) mass is 344 g/mol. The number of aliphatic hydroxyl groups is 1. The quantitative estimate of drug-likeness (QED) is 0.785. The summed E-state index contributed by atoms with van der Waals surface area (Å²) in [6, 6.07) is 10.6. The van der Waals surface area contributed by atoms with Crippen molar-refractivity contribution in [3.63, 3.8) is 0 Å². The van der Waals surface area contributed by atoms with E-state index in [-0.39, 0.29) is 6.10 Å². The summed E-state index contributed by atoms with van der Waals surface area (Å²) in [4.78, 5) is 12.1. The second kappa shape index (κ2) is 7.40. The topological polar surface area (TPSA) is 75.3 Å². The number of benzene rings is 1. The van der Waals surface area contributed by atoms with Gasteiger partial charge in [-0.3, -0.25) is 0 Å². The molecule has 1 aromatic heterocycles. The molecule has 1 aromatic carbocycles. The zero-order valence-electron chi connectivity index (χ0n) is 14.1. The predicted octanol–water partition coefficient (Wildman–Crippen LogP) is 2.83. The lowest BCUT2D eigenvalue weighted by atomic mass is 9.80. The summed E-state index contributed by atoms with van der Waals surface area (Å²) in [6.07, 6.45) is 1.34. The van der Waals surface area contributed by atoms with Gasteiger partial charge < -0.3 is 15.7 Å². The Morgan fingerprint density at radius 2 is 1.96 bits per heavy atom. The van der Waals surface area contributed by atoms with Gasteiger partial charge in [-0.05, 0) is 31.9 Å². The second-order valence-corrected chi connectivity index (χ2v) is 7.58. The van der Waals surface area contributed by atoms with Gasteiger partial charge in [-0.1, -0.05) is 17.7 Å². The maximum absolute atomic E-state index is 9.48. The highest BCUT2D eigenvalue weighted by atomic mass is 32.2. The van der Waals surface area contributed by atoms with E-state index in [0.717, 1.165) is 36.7 Å². The summed E-state index contributed by atoms with van der Waals surface area (Å²) in [7, 11) is 2.02. The first-order chi connectivity index (χ1) is 11.5. The maximum Gasteiger partial charge on any atom is 0.222 e. The van der Waals surface area contributed by atoms with E-state index in [1.807, 2.05) is 24.9 Å². The van der Waals surface area contributed by atoms with Crippen molar-refractivity contribution >= 4 is 23.5 Å². The smallest absolute Gasteiger partial charge is 0.222 e. The maximum atomic E-state index is 9.48. The first kappa shape index (κ1) is 17.0. The number of nitrogens with two attached hydrogens (primary N) is 1. The number of aliphatic hydroxyl groups excluding tert-OH is 1. The number of aryl methyl sites for hydroxylation is 1. The highest BCUT2D eigenvalue weighted by molar-refractivity contribution is 7.99. The molecule has 0 radical (unpaired) electrons. The fourth-order valence-corrected chi connectivity index (χ4v) is 3.68. The van der Waals surface area contributed by atoms with Crippen LogP contribution in [-0.2, 0) is 0 Å². The number of thioether (sulfide) groups is 1. The summed E-state index contributed by atoms with van der Waals surface area (Å²) in [5, 5.41) is 9.48. The Morgan fingerprint density at radius 1 is 1.25 bits per heavy atom. The van der Waals surface area contributed by atoms with Gasteiger partial charge in [-0.2, -0.15) is 4.98 Å². The first-order valence-electron chi connectivity index (χ1n) is 8.24. The van der Waals surface area contributed by atoms with Gasteiger partial charge in [-0.15, -0.1) is 11.8 Å². The largest absolute Gasteiger partial charge is 0.393 e. The molecule has 1 aliphatic rings. The summed E-state index contributed by atoms with van der Waals surface area (Å²) in [5.41, 5.74) is 8.09. The molecule has 0 aliphatic heterocycles. The number of hydrogen-bond acceptors (Lipinski definition) is 6. The Hall–Kier alpha value is -1.79. The van der Waals surface area contributed by atoms with Crippen molar-refractivity contribution in [3.8, 4) is 0 Å². The fraction of sp³-hybridized carbons (Fsp3) is 0.444. The highest BCUT2D eigenvalue weighted by Gasteiger charge is 2.30. The third-order valence-corrected chi connectivity index (χ3v) is 5.38. The summed E-state index contributed by atoms with van der Waals surface area (Å²) >= 11 is 1.83. The van der Waals surface area contributed by atoms with Crippen LogP contribution in [0.5, 0.6) is 0 Å². The van der Waals surface area contributed by atoms with E-state index in [1.165, 1.54) is 10.5 Å². The zero-order chi connectivity index (χ0) is 17.1. The van der Waals surface area contributed by atoms with Crippen molar-refractivity contribution < 1.29 is 5.11 Å². The third-order valence-electron chi connectivity index (χ3n) is 4.39. The van der Waals surface area contributed by atoms with Gasteiger partial charge in [0, 0.05) is 36.2 Å². The number of nitrogens with zero attached hydrogens (tertiary/aromatic N) is 3. The third kappa shape index (κ3) is 4.19. The average Bonchev–Trinajstić information content (AvgIpc) is 2.53. The summed E-state index contributed by atoms with van der Waals surface area (Å²) in [5.74, 6) is 2.44. The molecule has 1 heterocycles. The van der Waals surface area contributed by atoms with Crippen LogP contribution in [0, 0.1) is 6.92 Å². The van der Waals surface area contributed by atoms with Crippen LogP contribution in [-0.4, -0.2) is 40.5 Å². The van der Waals surface area contributed by atoms with Gasteiger partial charge in [0.2, 0.25) is 5.95 Å². The Bertz CT molecular complexity index is 686. The van der Waals surface area contributed by atoms with Crippen molar-refractivity contribution in [3.05, 3.63) is 41.6 Å². The number of rotatable bonds is 6. The van der Waals surface area contributed by atoms with Crippen LogP contribution in [0.15, 0.2) is 35.2 Å². The van der Waals surface area contributed by atoms with Crippen LogP contribution in [0.25, 0.3) is 0 Å². The Kier molecular flexibility index (Phi) is 5.26. The molecule has 0 amide bonds. The van der Waals surface area contributed by atoms with Crippen molar-refractivity contribution in [1.29, 1.82) is 0 Å². The van der Waals surface area contributed by atoms with E-state index < -0.39 is 0 Å². The molecule has 2 aromatic rings. The number of nitrogen functional groups attached to an aromatic ring is 1. The van der Waals surface area contributed by atoms with Crippen molar-refractivity contribution in [2.24, 2.45) is 0 Å². The Labute approximate surface area is 147 Å². The fourth-order valence-electron chi connectivity index (χ4n) is 2.75. The van der Waals surface area contributed by atoms with Crippen molar-refractivity contribution in [2.45, 2.75) is 36.7 Å². The molecule has 3 N–H and O–H groups in total. The lowest BCUT2D eigenvalue weighted by molar-refractivity contribution is 0.0732. The van der Waals surface area contributed by atoms with E-state index in [4.69, 9.17) is 5.73 Å². The van der Waals surface area contributed by atoms with Crippen molar-refractivity contribution in [1.82, 2.24) is 9.97 Å². The van der Waals surface area contributed by atoms with Gasteiger partial charge in [0.15, 0.2) is 0 Å². The minimum Gasteiger partial charge on any atom is -0.393 e. The van der Waals surface area contributed by atoms with Gasteiger partial charge in [-0.25, -0.2) is 4.98 Å². The van der Waals surface area contributed by atoms with E-state index in [2.05, 4.69) is 46.1 Å². The van der Waals surface area contributed by atoms with Crippen LogP contribution >= 0.6 is 11.8 Å². The van der Waals surface area contributed by atoms with Crippen LogP contribution < -0.4 is 10.6 Å². The molecule has 0 spiro atoms. The molecule has 1 saturated carbocycles. The molecule has 0 saturated heterocycles. The average molecular weight is 344 g/mol. The van der Waals surface area contributed by atoms with E-state index in [9.17, 15) is 5.11 Å². The molecular formula is C18H24N4OS. The normalized spacial score (nSPS) is 19.8. The van der Waals surface area contributed by atoms with Gasteiger partial charge in [0.25, 0.3) is 0 Å². The van der Waals surface area contributed by atoms with Gasteiger partial charge in [0.05, 0.1) is 11.8 Å². The van der Waals surface area contributed by atoms with E-state index in [1.54, 1.807) is 0 Å². The summed E-state index contributed by atoms with van der Waals surface area (Å²) < 4.78 is 0. The first-order valence-corrected chi connectivity index (χ1v) is 9.23. The van der Waals surface area contributed by atoms with Gasteiger partial charge in [0.1, 0.15) is 5.82 Å². The van der Waals surface area contributed by atoms with Crippen LogP contribution in [0.1, 0.15) is 30.0 Å². The summed E-state index contributed by atoms with van der Waals surface area (Å²) in [6.45, 7) is 2.97. The van der Waals surface area contributed by atoms with Crippen LogP contribution in [0.2, 0.25) is 0 Å². The van der Waals surface area contributed by atoms with Gasteiger partial charge >= 0.3 is 0 Å². The SMILES string of the molecule is Cc1ccc(SCCN(C)c2cc(C3CC(O)C3)nc(N)n2)cc1. The molecule has 1 aliphatic carbocycles. The minimum atomic E-state index is -0.196. The molecule has 128 valence electrons. The van der Waals surface area contributed by atoms with E-state index >= 15 is 0 Å². The lowest BCUT2D eigenvalue weighted by Crippen LogP contribution is -2.28. The van der Waals surface area contributed by atoms with Crippen molar-refractivity contribution in [2.75, 3.05) is 30.0 Å². The Balaban J connectivity index is 1.58. The minimum absolute atomic E-state index is 0.196. The molecule has 0 atom stereocenters. The Morgan fingerprint density at radius 3 is 2.62 bits per heavy atom. The highest BCUT2D eigenvalue weighted by Crippen LogP contribution is 2.36. The number of anilines is 2. The molecule has 3 rings (SSSR count). The number of hydrogen-bond donors (Lipinski definition) is 2. The van der Waals surface area contributed by atoms with Crippen LogP contribution in [0.3, 0.4) is 0 Å². The number of aromatic nitrogens is 2. The predicted molar refractivity (Wildman–Crippen MR) is 99.6 cm³/mol. The molecule has 0 unspecified atom stereocenters. The molecule has 1 fully saturated rings. The standard InChI is InChI=1S/C18H24N4OS/c1-12-3-5-15(6-4-12)24-8-7-22(2)17-11-16(20-18(19)21-17)13-9-14(23)10-13/h3-6,11,13-14,23H,7-10H2,1-2H3,(H2,19,20,21).